The summed E-state index contributed by atoms with van der Waals surface area (Å²) in [5, 5.41) is 0.358. The Labute approximate surface area is 200 Å². The van der Waals surface area contributed by atoms with E-state index in [-0.39, 0.29) is 11.1 Å². The van der Waals surface area contributed by atoms with Crippen LogP contribution in [-0.2, 0) is 14.3 Å². The molecule has 2 fully saturated rings. The lowest BCUT2D eigenvalue weighted by Gasteiger charge is -2.27. The van der Waals surface area contributed by atoms with Crippen molar-refractivity contribution >= 4 is 40.7 Å². The van der Waals surface area contributed by atoms with Gasteiger partial charge in [-0.15, -0.1) is 0 Å². The lowest BCUT2D eigenvalue weighted by atomic mass is 9.77. The second kappa shape index (κ2) is 7.19. The van der Waals surface area contributed by atoms with E-state index in [2.05, 4.69) is 0 Å². The average Bonchev–Trinajstić information content (AvgIpc) is 3.40. The molecule has 6 nitrogen and oxygen atoms in total. The Morgan fingerprint density at radius 1 is 0.824 bits per heavy atom. The molecule has 1 spiro atoms. The van der Waals surface area contributed by atoms with Crippen molar-refractivity contribution in [2.45, 2.75) is 18.6 Å². The van der Waals surface area contributed by atoms with Gasteiger partial charge in [0.15, 0.2) is 0 Å². The third-order valence-electron chi connectivity index (χ3n) is 6.99. The van der Waals surface area contributed by atoms with Crippen molar-refractivity contribution < 1.29 is 23.9 Å². The number of carbonyl (C=O) groups is 4. The molecule has 0 radical (unpaired) electrons. The van der Waals surface area contributed by atoms with Crippen molar-refractivity contribution in [1.29, 1.82) is 0 Å². The van der Waals surface area contributed by atoms with E-state index >= 15 is 0 Å². The summed E-state index contributed by atoms with van der Waals surface area (Å²) in [5.74, 6) is -4.62. The van der Waals surface area contributed by atoms with Crippen LogP contribution in [0.5, 0.6) is 0 Å². The molecule has 3 atom stereocenters. The maximum atomic E-state index is 13.8. The van der Waals surface area contributed by atoms with E-state index in [1.54, 1.807) is 54.6 Å². The van der Waals surface area contributed by atoms with Gasteiger partial charge in [-0.2, -0.15) is 0 Å². The first-order chi connectivity index (χ1) is 16.3. The minimum absolute atomic E-state index is 0.206. The molecular weight excluding hydrogens is 454 g/mol. The number of rotatable bonds is 2. The highest BCUT2D eigenvalue weighted by atomic mass is 35.5. The van der Waals surface area contributed by atoms with Crippen molar-refractivity contribution in [2.75, 3.05) is 4.90 Å². The van der Waals surface area contributed by atoms with Gasteiger partial charge in [-0.3, -0.25) is 19.2 Å². The number of hydrogen-bond donors (Lipinski definition) is 0. The molecular formula is C27H18ClNO5. The largest absolute Gasteiger partial charge is 0.349 e. The van der Waals surface area contributed by atoms with Crippen molar-refractivity contribution in [1.82, 2.24) is 0 Å². The average molecular weight is 472 g/mol. The smallest absolute Gasteiger partial charge is 0.241 e. The highest BCUT2D eigenvalue weighted by molar-refractivity contribution is 6.37. The molecule has 6 rings (SSSR count). The van der Waals surface area contributed by atoms with Crippen molar-refractivity contribution in [3.05, 3.63) is 100 Å². The molecule has 7 heteroatoms. The van der Waals surface area contributed by atoms with Gasteiger partial charge in [0.05, 0.1) is 23.6 Å². The highest BCUT2D eigenvalue weighted by Gasteiger charge is 2.74. The van der Waals surface area contributed by atoms with Crippen LogP contribution >= 0.6 is 11.6 Å². The third-order valence-corrected chi connectivity index (χ3v) is 7.23. The van der Waals surface area contributed by atoms with Gasteiger partial charge in [-0.25, -0.2) is 4.90 Å². The molecule has 3 aliphatic rings. The topological polar surface area (TPSA) is 80.8 Å². The number of hydrogen-bond acceptors (Lipinski definition) is 5. The molecule has 2 saturated heterocycles. The number of amides is 2. The van der Waals surface area contributed by atoms with Crippen LogP contribution in [0.2, 0.25) is 5.02 Å². The summed E-state index contributed by atoms with van der Waals surface area (Å²) in [5.41, 5.74) is 0.259. The maximum absolute atomic E-state index is 13.8. The number of imide groups is 1. The number of benzene rings is 3. The van der Waals surface area contributed by atoms with E-state index in [0.717, 1.165) is 10.5 Å². The molecule has 0 N–H and O–H groups in total. The molecule has 2 heterocycles. The molecule has 2 amide bonds. The summed E-state index contributed by atoms with van der Waals surface area (Å²) >= 11 is 6.12. The standard InChI is InChI=1S/C27H18ClNO5/c1-14-9-11-15(12-10-14)22-20-21(26(33)29(25(20)32)17-6-4-5-16(28)13-17)27(34-22)23(30)18-7-2-3-8-19(18)24(27)31/h2-13,20-22H,1H3/t20-,21-,22+/m0/s1. The summed E-state index contributed by atoms with van der Waals surface area (Å²) in [6, 6.07) is 20.1. The minimum atomic E-state index is -2.08. The van der Waals surface area contributed by atoms with Crippen molar-refractivity contribution in [2.24, 2.45) is 11.8 Å². The normalized spacial score (nSPS) is 24.8. The Hall–Kier alpha value is -3.61. The lowest BCUT2D eigenvalue weighted by Crippen LogP contribution is -2.51. The molecule has 0 saturated carbocycles. The number of halogens is 1. The van der Waals surface area contributed by atoms with Crippen LogP contribution in [0.25, 0.3) is 0 Å². The van der Waals surface area contributed by atoms with Gasteiger partial charge < -0.3 is 4.74 Å². The SMILES string of the molecule is Cc1ccc([C@H]2OC3(C(=O)c4ccccc4C3=O)[C@@H]3C(=O)N(c4cccc(Cl)c4)C(=O)[C@H]23)cc1. The van der Waals surface area contributed by atoms with Gasteiger partial charge in [-0.1, -0.05) is 71.8 Å². The Morgan fingerprint density at radius 2 is 1.47 bits per heavy atom. The Morgan fingerprint density at radius 3 is 2.09 bits per heavy atom. The molecule has 168 valence electrons. The fourth-order valence-electron chi connectivity index (χ4n) is 5.44. The molecule has 1 aliphatic carbocycles. The van der Waals surface area contributed by atoms with Gasteiger partial charge in [0.1, 0.15) is 0 Å². The Bertz CT molecular complexity index is 1380. The summed E-state index contributed by atoms with van der Waals surface area (Å²) in [6.07, 6.45) is -0.937. The monoisotopic (exact) mass is 471 g/mol. The summed E-state index contributed by atoms with van der Waals surface area (Å²) in [6.45, 7) is 1.93. The predicted octanol–water partition coefficient (Wildman–Crippen LogP) is 4.34. The van der Waals surface area contributed by atoms with Crippen LogP contribution in [0.1, 0.15) is 37.9 Å². The lowest BCUT2D eigenvalue weighted by molar-refractivity contribution is -0.127. The van der Waals surface area contributed by atoms with Crippen LogP contribution in [-0.4, -0.2) is 29.0 Å². The first-order valence-electron chi connectivity index (χ1n) is 10.9. The molecule has 2 aliphatic heterocycles. The maximum Gasteiger partial charge on any atom is 0.241 e. The summed E-state index contributed by atoms with van der Waals surface area (Å²) in [7, 11) is 0. The third kappa shape index (κ3) is 2.61. The first kappa shape index (κ1) is 21.0. The summed E-state index contributed by atoms with van der Waals surface area (Å²) in [4.78, 5) is 56.0. The van der Waals surface area contributed by atoms with Crippen LogP contribution in [0.3, 0.4) is 0 Å². The predicted molar refractivity (Wildman–Crippen MR) is 124 cm³/mol. The zero-order chi connectivity index (χ0) is 23.8. The second-order valence-corrected chi connectivity index (χ2v) is 9.32. The van der Waals surface area contributed by atoms with Crippen LogP contribution < -0.4 is 4.90 Å². The van der Waals surface area contributed by atoms with Crippen molar-refractivity contribution in [3.8, 4) is 0 Å². The van der Waals surface area contributed by atoms with Crippen LogP contribution in [0.15, 0.2) is 72.8 Å². The zero-order valence-electron chi connectivity index (χ0n) is 18.0. The zero-order valence-corrected chi connectivity index (χ0v) is 18.8. The van der Waals surface area contributed by atoms with Gasteiger partial charge in [0.2, 0.25) is 29.0 Å². The van der Waals surface area contributed by atoms with E-state index < -0.39 is 46.9 Å². The van der Waals surface area contributed by atoms with Crippen molar-refractivity contribution in [3.63, 3.8) is 0 Å². The van der Waals surface area contributed by atoms with Crippen LogP contribution in [0.4, 0.5) is 5.69 Å². The number of nitrogens with zero attached hydrogens (tertiary/aromatic N) is 1. The van der Waals surface area contributed by atoms with Gasteiger partial charge >= 0.3 is 0 Å². The van der Waals surface area contributed by atoms with Gasteiger partial charge in [0.25, 0.3) is 0 Å². The first-order valence-corrected chi connectivity index (χ1v) is 11.3. The number of ketones is 2. The molecule has 0 aromatic heterocycles. The number of fused-ring (bicyclic) bond motifs is 3. The van der Waals surface area contributed by atoms with E-state index in [4.69, 9.17) is 16.3 Å². The number of carbonyl (C=O) groups excluding carboxylic acids is 4. The van der Waals surface area contributed by atoms with Gasteiger partial charge in [-0.05, 0) is 30.7 Å². The van der Waals surface area contributed by atoms with Crippen LogP contribution in [0, 0.1) is 18.8 Å². The minimum Gasteiger partial charge on any atom is -0.349 e. The fourth-order valence-corrected chi connectivity index (χ4v) is 5.63. The molecule has 0 unspecified atom stereocenters. The quantitative estimate of drug-likeness (QED) is 0.410. The number of aryl methyl sites for hydroxylation is 1. The fraction of sp³-hybridized carbons (Fsp3) is 0.185. The summed E-state index contributed by atoms with van der Waals surface area (Å²) < 4.78 is 6.27. The Kier molecular flexibility index (Phi) is 4.43. The molecule has 0 bridgehead atoms. The molecule has 3 aromatic rings. The number of Topliss-reactive ketones (excluding diaryl/α,β-unsaturated/α-hetero) is 2. The number of anilines is 1. The highest BCUT2D eigenvalue weighted by Crippen LogP contribution is 2.57. The van der Waals surface area contributed by atoms with Gasteiger partial charge in [0, 0.05) is 16.1 Å². The second-order valence-electron chi connectivity index (χ2n) is 8.88. The van der Waals surface area contributed by atoms with E-state index in [1.807, 2.05) is 19.1 Å². The molecule has 34 heavy (non-hydrogen) atoms. The van der Waals surface area contributed by atoms with E-state index in [9.17, 15) is 19.2 Å². The van der Waals surface area contributed by atoms with E-state index in [0.29, 0.717) is 16.3 Å². The molecule has 3 aromatic carbocycles. The Balaban J connectivity index is 1.55. The van der Waals surface area contributed by atoms with E-state index in [1.165, 1.54) is 6.07 Å². The number of ether oxygens (including phenoxy) is 1.